The Kier molecular flexibility index (Phi) is 5.70. The van der Waals surface area contributed by atoms with E-state index >= 15 is 0 Å². The molecule has 0 bridgehead atoms. The summed E-state index contributed by atoms with van der Waals surface area (Å²) in [5, 5.41) is 13.9. The lowest BCUT2D eigenvalue weighted by Gasteiger charge is -2.38. The monoisotopic (exact) mass is 423 g/mol. The highest BCUT2D eigenvalue weighted by atomic mass is 16.1. The summed E-state index contributed by atoms with van der Waals surface area (Å²) in [5.74, 6) is 0.728. The number of fused-ring (bicyclic) bond motifs is 1. The summed E-state index contributed by atoms with van der Waals surface area (Å²) in [7, 11) is 2.13. The number of aromatic amines is 1. The summed E-state index contributed by atoms with van der Waals surface area (Å²) in [6.07, 6.45) is 0.882. The zero-order valence-electron chi connectivity index (χ0n) is 19.4. The molecule has 8 nitrogen and oxygen atoms in total. The Balaban J connectivity index is 1.93. The molecule has 0 amide bonds. The van der Waals surface area contributed by atoms with E-state index < -0.39 is 0 Å². The number of benzene rings is 1. The molecule has 1 aliphatic rings. The molecule has 0 unspecified atom stereocenters. The Morgan fingerprint density at radius 1 is 1.13 bits per heavy atom. The molecule has 1 N–H and O–H groups in total. The molecule has 0 spiro atoms. The molecule has 0 saturated carbocycles. The summed E-state index contributed by atoms with van der Waals surface area (Å²) >= 11 is 0. The van der Waals surface area contributed by atoms with Crippen LogP contribution >= 0.6 is 0 Å². The minimum Gasteiger partial charge on any atom is -0.321 e. The highest BCUT2D eigenvalue weighted by molar-refractivity contribution is 5.85. The number of nitrogens with zero attached hydrogens (tertiary/aromatic N) is 6. The fraction of sp³-hybridized carbons (Fsp3) is 0.565. The van der Waals surface area contributed by atoms with E-state index in [0.29, 0.717) is 5.56 Å². The van der Waals surface area contributed by atoms with Crippen molar-refractivity contribution in [1.82, 2.24) is 35.0 Å². The Hall–Kier alpha value is -2.58. The van der Waals surface area contributed by atoms with Crippen LogP contribution in [0.2, 0.25) is 0 Å². The van der Waals surface area contributed by atoms with Gasteiger partial charge in [-0.3, -0.25) is 9.69 Å². The van der Waals surface area contributed by atoms with Crippen LogP contribution < -0.4 is 5.56 Å². The summed E-state index contributed by atoms with van der Waals surface area (Å²) in [4.78, 5) is 21.2. The maximum absolute atomic E-state index is 13.4. The summed E-state index contributed by atoms with van der Waals surface area (Å²) in [6, 6.07) is 5.91. The second-order valence-electron chi connectivity index (χ2n) is 9.40. The lowest BCUT2D eigenvalue weighted by molar-refractivity contribution is 0.117. The molecule has 1 saturated heterocycles. The lowest BCUT2D eigenvalue weighted by Crippen LogP contribution is -2.48. The molecule has 3 heterocycles. The van der Waals surface area contributed by atoms with Crippen LogP contribution in [0.5, 0.6) is 0 Å². The second kappa shape index (κ2) is 8.16. The van der Waals surface area contributed by atoms with Gasteiger partial charge in [0, 0.05) is 37.1 Å². The van der Waals surface area contributed by atoms with E-state index in [4.69, 9.17) is 0 Å². The van der Waals surface area contributed by atoms with Crippen LogP contribution in [0.15, 0.2) is 23.0 Å². The minimum atomic E-state index is -0.303. The van der Waals surface area contributed by atoms with Crippen molar-refractivity contribution in [2.45, 2.75) is 52.6 Å². The van der Waals surface area contributed by atoms with Gasteiger partial charge in [0.1, 0.15) is 6.04 Å². The van der Waals surface area contributed by atoms with Gasteiger partial charge in [0.25, 0.3) is 5.56 Å². The third kappa shape index (κ3) is 3.90. The number of pyridine rings is 1. The number of aromatic nitrogens is 5. The highest BCUT2D eigenvalue weighted by Gasteiger charge is 2.35. The number of tetrazole rings is 1. The molecule has 0 aliphatic carbocycles. The SMILES string of the molecule is CCC(C)(C)n1nnnc1[C@H](c1cc2c(C)ccc(C)c2[nH]c1=O)N1CCN(C)CC1. The first-order valence-corrected chi connectivity index (χ1v) is 11.1. The fourth-order valence-corrected chi connectivity index (χ4v) is 4.32. The van der Waals surface area contributed by atoms with E-state index in [9.17, 15) is 4.79 Å². The van der Waals surface area contributed by atoms with Crippen molar-refractivity contribution >= 4 is 10.9 Å². The normalized spacial score (nSPS) is 17.4. The van der Waals surface area contributed by atoms with E-state index in [2.05, 4.69) is 83.3 Å². The highest BCUT2D eigenvalue weighted by Crippen LogP contribution is 2.31. The molecule has 166 valence electrons. The van der Waals surface area contributed by atoms with Gasteiger partial charge in [-0.05, 0) is 68.8 Å². The zero-order chi connectivity index (χ0) is 22.3. The maximum atomic E-state index is 13.4. The summed E-state index contributed by atoms with van der Waals surface area (Å²) in [6.45, 7) is 14.1. The van der Waals surface area contributed by atoms with Crippen LogP contribution in [0.3, 0.4) is 0 Å². The number of piperazine rings is 1. The van der Waals surface area contributed by atoms with Crippen LogP contribution in [0.25, 0.3) is 10.9 Å². The van der Waals surface area contributed by atoms with Crippen LogP contribution in [-0.2, 0) is 5.54 Å². The molecule has 1 aromatic carbocycles. The number of likely N-dealkylation sites (N-methyl/N-ethyl adjacent to an activating group) is 1. The first-order chi connectivity index (χ1) is 14.7. The van der Waals surface area contributed by atoms with Crippen molar-refractivity contribution in [1.29, 1.82) is 0 Å². The van der Waals surface area contributed by atoms with Gasteiger partial charge in [0.05, 0.1) is 11.1 Å². The molecule has 3 aromatic rings. The second-order valence-corrected chi connectivity index (χ2v) is 9.40. The fourth-order valence-electron chi connectivity index (χ4n) is 4.32. The van der Waals surface area contributed by atoms with Gasteiger partial charge < -0.3 is 9.88 Å². The number of hydrogen-bond donors (Lipinski definition) is 1. The van der Waals surface area contributed by atoms with E-state index in [1.165, 1.54) is 0 Å². The number of rotatable bonds is 5. The third-order valence-electron chi connectivity index (χ3n) is 6.85. The molecular weight excluding hydrogens is 390 g/mol. The molecule has 1 aliphatic heterocycles. The van der Waals surface area contributed by atoms with Crippen molar-refractivity contribution in [2.75, 3.05) is 33.2 Å². The molecule has 0 radical (unpaired) electrons. The average Bonchev–Trinajstić information content (AvgIpc) is 3.23. The molecule has 8 heteroatoms. The van der Waals surface area contributed by atoms with E-state index in [0.717, 1.165) is 60.5 Å². The standard InChI is InChI=1S/C23H33N7O/c1-7-23(4,5)30-21(25-26-27-30)20(29-12-10-28(6)11-13-29)18-14-17-15(2)8-9-16(3)19(17)24-22(18)31/h8-9,14,20H,7,10-13H2,1-6H3,(H,24,31)/t20-/m0/s1. The number of hydrogen-bond acceptors (Lipinski definition) is 6. The number of aryl methyl sites for hydroxylation is 2. The quantitative estimate of drug-likeness (QED) is 0.679. The van der Waals surface area contributed by atoms with Crippen LogP contribution in [0, 0.1) is 13.8 Å². The molecule has 31 heavy (non-hydrogen) atoms. The van der Waals surface area contributed by atoms with Gasteiger partial charge >= 0.3 is 0 Å². The van der Waals surface area contributed by atoms with Crippen molar-refractivity contribution in [3.63, 3.8) is 0 Å². The lowest BCUT2D eigenvalue weighted by atomic mass is 9.97. The summed E-state index contributed by atoms with van der Waals surface area (Å²) < 4.78 is 1.91. The molecule has 4 rings (SSSR count). The van der Waals surface area contributed by atoms with Gasteiger partial charge in [-0.2, -0.15) is 0 Å². The third-order valence-corrected chi connectivity index (χ3v) is 6.85. The summed E-state index contributed by atoms with van der Waals surface area (Å²) in [5.41, 5.74) is 3.49. The Morgan fingerprint density at radius 2 is 1.81 bits per heavy atom. The largest absolute Gasteiger partial charge is 0.321 e. The van der Waals surface area contributed by atoms with Crippen molar-refractivity contribution in [2.24, 2.45) is 0 Å². The first-order valence-electron chi connectivity index (χ1n) is 11.1. The Bertz CT molecular complexity index is 1140. The van der Waals surface area contributed by atoms with Crippen LogP contribution in [0.1, 0.15) is 55.7 Å². The Labute approximate surface area is 183 Å². The minimum absolute atomic E-state index is 0.0750. The number of H-pyrrole nitrogens is 1. The topological polar surface area (TPSA) is 82.9 Å². The van der Waals surface area contributed by atoms with Gasteiger partial charge in [0.2, 0.25) is 0 Å². The van der Waals surface area contributed by atoms with Crippen LogP contribution in [0.4, 0.5) is 0 Å². The maximum Gasteiger partial charge on any atom is 0.253 e. The van der Waals surface area contributed by atoms with E-state index in [1.807, 2.05) is 11.6 Å². The average molecular weight is 424 g/mol. The van der Waals surface area contributed by atoms with Crippen molar-refractivity contribution in [3.8, 4) is 0 Å². The number of nitrogens with one attached hydrogen (secondary N) is 1. The van der Waals surface area contributed by atoms with Crippen molar-refractivity contribution in [3.05, 3.63) is 51.1 Å². The van der Waals surface area contributed by atoms with Gasteiger partial charge in [0.15, 0.2) is 5.82 Å². The van der Waals surface area contributed by atoms with Gasteiger partial charge in [-0.15, -0.1) is 5.10 Å². The van der Waals surface area contributed by atoms with Crippen LogP contribution in [-0.4, -0.2) is 68.2 Å². The first kappa shape index (κ1) is 21.6. The van der Waals surface area contributed by atoms with Crippen molar-refractivity contribution < 1.29 is 0 Å². The molecule has 1 atom stereocenters. The Morgan fingerprint density at radius 3 is 2.48 bits per heavy atom. The van der Waals surface area contributed by atoms with E-state index in [-0.39, 0.29) is 17.1 Å². The molecular formula is C23H33N7O. The molecule has 1 fully saturated rings. The predicted molar refractivity (Wildman–Crippen MR) is 122 cm³/mol. The predicted octanol–water partition coefficient (Wildman–Crippen LogP) is 2.61. The smallest absolute Gasteiger partial charge is 0.253 e. The van der Waals surface area contributed by atoms with E-state index in [1.54, 1.807) is 0 Å². The van der Waals surface area contributed by atoms with Gasteiger partial charge in [-0.1, -0.05) is 19.1 Å². The zero-order valence-corrected chi connectivity index (χ0v) is 19.4. The molecule has 2 aromatic heterocycles. The van der Waals surface area contributed by atoms with Gasteiger partial charge in [-0.25, -0.2) is 4.68 Å².